The zero-order valence-corrected chi connectivity index (χ0v) is 43.0. The van der Waals surface area contributed by atoms with Gasteiger partial charge in [0.2, 0.25) is 5.91 Å². The van der Waals surface area contributed by atoms with Gasteiger partial charge in [0.1, 0.15) is 6.10 Å². The number of rotatable bonds is 48. The average molecular weight is 918 g/mol. The predicted molar refractivity (Wildman–Crippen MR) is 287 cm³/mol. The van der Waals surface area contributed by atoms with E-state index in [9.17, 15) is 19.8 Å². The van der Waals surface area contributed by atoms with Crippen LogP contribution in [-0.2, 0) is 14.3 Å². The highest BCUT2D eigenvalue weighted by Crippen LogP contribution is 2.17. The number of unbranched alkanes of at least 4 members (excludes halogenated alkanes) is 22. The van der Waals surface area contributed by atoms with Crippen molar-refractivity contribution in [1.82, 2.24) is 5.32 Å². The van der Waals surface area contributed by atoms with E-state index >= 15 is 0 Å². The zero-order chi connectivity index (χ0) is 48.1. The van der Waals surface area contributed by atoms with Crippen LogP contribution in [0.1, 0.15) is 245 Å². The molecule has 0 bridgehead atoms. The van der Waals surface area contributed by atoms with Crippen LogP contribution in [0.2, 0.25) is 0 Å². The number of nitrogens with one attached hydrogen (secondary N) is 1. The second-order valence-corrected chi connectivity index (χ2v) is 18.3. The Hall–Kier alpha value is -3.22. The summed E-state index contributed by atoms with van der Waals surface area (Å²) in [5.74, 6) is -0.557. The van der Waals surface area contributed by atoms with Gasteiger partial charge in [-0.2, -0.15) is 0 Å². The van der Waals surface area contributed by atoms with Gasteiger partial charge in [-0.25, -0.2) is 0 Å². The average Bonchev–Trinajstić information content (AvgIpc) is 3.31. The molecule has 378 valence electrons. The van der Waals surface area contributed by atoms with E-state index in [1.807, 2.05) is 0 Å². The molecule has 3 N–H and O–H groups in total. The highest BCUT2D eigenvalue weighted by atomic mass is 16.5. The Labute approximate surface area is 407 Å². The Morgan fingerprint density at radius 1 is 0.470 bits per heavy atom. The Balaban J connectivity index is 4.74. The number of allylic oxidation sites excluding steroid dienone is 16. The lowest BCUT2D eigenvalue weighted by atomic mass is 10.0. The van der Waals surface area contributed by atoms with Crippen LogP contribution < -0.4 is 5.32 Å². The molecular formula is C60H103NO5. The van der Waals surface area contributed by atoms with Crippen molar-refractivity contribution in [3.05, 3.63) is 97.2 Å². The monoisotopic (exact) mass is 918 g/mol. The molecule has 0 saturated carbocycles. The van der Waals surface area contributed by atoms with Crippen LogP contribution in [0.4, 0.5) is 0 Å². The standard InChI is InChI=1S/C60H103NO5/c1-4-7-10-13-16-19-22-25-27-29-31-33-35-38-41-44-47-50-53-60(65)66-56(51-48-45-42-39-36-34-32-30-28-26-23-20-17-14-11-8-5-2)54-59(64)61-57(55-62)58(63)52-49-46-43-40-37-24-21-18-15-12-9-6-3/h8,11,17,20,22,25-29,31-34,39,42,56-58,62-63H,4-7,9-10,12-16,18-19,21,23-24,30,35-38,40-41,43-55H2,1-3H3,(H,61,64)/b11-8-,20-17-,25-22+,28-26-,29-27+,33-31+,34-32-,42-39-. The highest BCUT2D eigenvalue weighted by molar-refractivity contribution is 5.77. The maximum absolute atomic E-state index is 13.2. The van der Waals surface area contributed by atoms with Crippen LogP contribution in [-0.4, -0.2) is 46.9 Å². The topological polar surface area (TPSA) is 95.9 Å². The number of carbonyl (C=O) groups excluding carboxylic acids is 2. The minimum Gasteiger partial charge on any atom is -0.462 e. The number of aliphatic hydroxyl groups is 2. The van der Waals surface area contributed by atoms with E-state index in [0.717, 1.165) is 109 Å². The van der Waals surface area contributed by atoms with Crippen molar-refractivity contribution in [3.63, 3.8) is 0 Å². The van der Waals surface area contributed by atoms with E-state index in [0.29, 0.717) is 19.3 Å². The van der Waals surface area contributed by atoms with E-state index in [4.69, 9.17) is 4.74 Å². The van der Waals surface area contributed by atoms with Gasteiger partial charge in [-0.3, -0.25) is 9.59 Å². The fraction of sp³-hybridized carbons (Fsp3) is 0.700. The largest absolute Gasteiger partial charge is 0.462 e. The molecule has 0 fully saturated rings. The smallest absolute Gasteiger partial charge is 0.306 e. The normalized spacial score (nSPS) is 14.0. The second-order valence-electron chi connectivity index (χ2n) is 18.3. The highest BCUT2D eigenvalue weighted by Gasteiger charge is 2.24. The van der Waals surface area contributed by atoms with E-state index in [2.05, 4.69) is 123 Å². The van der Waals surface area contributed by atoms with Gasteiger partial charge in [0, 0.05) is 6.42 Å². The van der Waals surface area contributed by atoms with Crippen molar-refractivity contribution in [2.45, 2.75) is 264 Å². The minimum absolute atomic E-state index is 0.0251. The molecule has 0 heterocycles. The van der Waals surface area contributed by atoms with Crippen LogP contribution in [0.5, 0.6) is 0 Å². The molecular weight excluding hydrogens is 815 g/mol. The molecule has 0 saturated heterocycles. The molecule has 6 nitrogen and oxygen atoms in total. The Kier molecular flexibility index (Phi) is 50.2. The zero-order valence-electron chi connectivity index (χ0n) is 43.0. The molecule has 0 rings (SSSR count). The summed E-state index contributed by atoms with van der Waals surface area (Å²) in [6.45, 7) is 6.33. The Bertz CT molecular complexity index is 1310. The number of ether oxygens (including phenoxy) is 1. The van der Waals surface area contributed by atoms with Gasteiger partial charge >= 0.3 is 5.97 Å². The molecule has 0 aromatic heterocycles. The van der Waals surface area contributed by atoms with Gasteiger partial charge in [-0.05, 0) is 89.9 Å². The summed E-state index contributed by atoms with van der Waals surface area (Å²) in [5.41, 5.74) is 0. The number of hydrogen-bond donors (Lipinski definition) is 3. The fourth-order valence-corrected chi connectivity index (χ4v) is 7.82. The maximum Gasteiger partial charge on any atom is 0.306 e. The molecule has 0 aromatic carbocycles. The summed E-state index contributed by atoms with van der Waals surface area (Å²) in [6, 6.07) is -0.730. The van der Waals surface area contributed by atoms with E-state index in [1.54, 1.807) is 0 Å². The van der Waals surface area contributed by atoms with Crippen molar-refractivity contribution in [3.8, 4) is 0 Å². The van der Waals surface area contributed by atoms with Gasteiger partial charge < -0.3 is 20.3 Å². The van der Waals surface area contributed by atoms with Crippen molar-refractivity contribution >= 4 is 11.9 Å². The Morgan fingerprint density at radius 2 is 0.894 bits per heavy atom. The molecule has 0 aromatic rings. The summed E-state index contributed by atoms with van der Waals surface area (Å²) in [5, 5.41) is 23.8. The van der Waals surface area contributed by atoms with Gasteiger partial charge in [0.25, 0.3) is 0 Å². The van der Waals surface area contributed by atoms with Gasteiger partial charge in [-0.15, -0.1) is 0 Å². The van der Waals surface area contributed by atoms with Crippen molar-refractivity contribution in [2.75, 3.05) is 6.61 Å². The first-order valence-electron chi connectivity index (χ1n) is 27.5. The molecule has 3 unspecified atom stereocenters. The van der Waals surface area contributed by atoms with Crippen molar-refractivity contribution in [1.29, 1.82) is 0 Å². The predicted octanol–water partition coefficient (Wildman–Crippen LogP) is 16.9. The first kappa shape index (κ1) is 62.8. The summed E-state index contributed by atoms with van der Waals surface area (Å²) in [7, 11) is 0. The van der Waals surface area contributed by atoms with Crippen LogP contribution in [0.3, 0.4) is 0 Å². The molecule has 0 aliphatic heterocycles. The molecule has 6 heteroatoms. The molecule has 0 spiro atoms. The van der Waals surface area contributed by atoms with Crippen LogP contribution in [0, 0.1) is 0 Å². The van der Waals surface area contributed by atoms with Crippen LogP contribution in [0.15, 0.2) is 97.2 Å². The first-order chi connectivity index (χ1) is 32.5. The van der Waals surface area contributed by atoms with E-state index in [-0.39, 0.29) is 24.9 Å². The fourth-order valence-electron chi connectivity index (χ4n) is 7.82. The van der Waals surface area contributed by atoms with Gasteiger partial charge in [0.05, 0.1) is 25.2 Å². The third-order valence-electron chi connectivity index (χ3n) is 12.0. The number of aliphatic hydroxyl groups excluding tert-OH is 2. The number of amides is 1. The summed E-state index contributed by atoms with van der Waals surface area (Å²) in [4.78, 5) is 26.2. The number of esters is 1. The lowest BCUT2D eigenvalue weighted by Gasteiger charge is -2.24. The molecule has 66 heavy (non-hydrogen) atoms. The SMILES string of the molecule is CC/C=C\C/C=C\C/C=C\C/C=C\C/C=C\CCCC(CC(=O)NC(CO)C(O)CCCCCCCCCCCCCC)OC(=O)CCCCCCC/C=C/C=C/C=C/CCCCCCC. The minimum atomic E-state index is -0.812. The molecule has 0 aliphatic carbocycles. The van der Waals surface area contributed by atoms with Crippen molar-refractivity contribution < 1.29 is 24.5 Å². The van der Waals surface area contributed by atoms with E-state index in [1.165, 1.54) is 89.9 Å². The molecule has 1 amide bonds. The molecule has 0 radical (unpaired) electrons. The summed E-state index contributed by atoms with van der Waals surface area (Å²) < 4.78 is 5.91. The van der Waals surface area contributed by atoms with E-state index < -0.39 is 18.2 Å². The third-order valence-corrected chi connectivity index (χ3v) is 12.0. The second kappa shape index (κ2) is 52.7. The van der Waals surface area contributed by atoms with Crippen LogP contribution in [0.25, 0.3) is 0 Å². The number of carbonyl (C=O) groups is 2. The molecule has 0 aliphatic rings. The summed E-state index contributed by atoms with van der Waals surface area (Å²) in [6.07, 6.45) is 70.4. The number of hydrogen-bond acceptors (Lipinski definition) is 5. The first-order valence-corrected chi connectivity index (χ1v) is 27.5. The van der Waals surface area contributed by atoms with Gasteiger partial charge in [-0.1, -0.05) is 240 Å². The molecule has 3 atom stereocenters. The van der Waals surface area contributed by atoms with Crippen LogP contribution >= 0.6 is 0 Å². The third kappa shape index (κ3) is 47.3. The van der Waals surface area contributed by atoms with Gasteiger partial charge in [0.15, 0.2) is 0 Å². The maximum atomic E-state index is 13.2. The quantitative estimate of drug-likeness (QED) is 0.0245. The lowest BCUT2D eigenvalue weighted by molar-refractivity contribution is -0.151. The lowest BCUT2D eigenvalue weighted by Crippen LogP contribution is -2.46. The van der Waals surface area contributed by atoms with Crippen molar-refractivity contribution in [2.24, 2.45) is 0 Å². The Morgan fingerprint density at radius 3 is 1.38 bits per heavy atom. The summed E-state index contributed by atoms with van der Waals surface area (Å²) >= 11 is 0.